The quantitative estimate of drug-likeness (QED) is 0.508. The number of hydrogen-bond donors (Lipinski definition) is 1. The maximum Gasteiger partial charge on any atom is 0.282 e. The molecule has 0 aliphatic carbocycles. The standard InChI is InChI=1S/C28H28FN3O2/c1-28(2,3)19-8-12-21(13-9-19)30-25-24(18-6-10-20(29)11-7-18)26(33)32(27(25)34)23-16-14-22(15-17-23)31(4)5/h6-17,30H,1-5H3. The lowest BCUT2D eigenvalue weighted by Gasteiger charge is -2.19. The highest BCUT2D eigenvalue weighted by atomic mass is 19.1. The van der Waals surface area contributed by atoms with Gasteiger partial charge in [0.2, 0.25) is 0 Å². The van der Waals surface area contributed by atoms with Crippen molar-refractivity contribution in [3.63, 3.8) is 0 Å². The van der Waals surface area contributed by atoms with Gasteiger partial charge in [-0.15, -0.1) is 0 Å². The van der Waals surface area contributed by atoms with E-state index >= 15 is 0 Å². The van der Waals surface area contributed by atoms with Crippen LogP contribution in [0.4, 0.5) is 21.5 Å². The van der Waals surface area contributed by atoms with Crippen molar-refractivity contribution in [3.8, 4) is 0 Å². The van der Waals surface area contributed by atoms with Crippen LogP contribution in [0.3, 0.4) is 0 Å². The van der Waals surface area contributed by atoms with E-state index in [2.05, 4.69) is 26.1 Å². The van der Waals surface area contributed by atoms with Crippen molar-refractivity contribution in [2.24, 2.45) is 0 Å². The predicted octanol–water partition coefficient (Wildman–Crippen LogP) is 5.59. The highest BCUT2D eigenvalue weighted by molar-refractivity contribution is 6.46. The van der Waals surface area contributed by atoms with Crippen molar-refractivity contribution in [1.82, 2.24) is 0 Å². The Labute approximate surface area is 199 Å². The molecule has 0 aromatic heterocycles. The number of imide groups is 1. The van der Waals surface area contributed by atoms with Crippen LogP contribution in [0.2, 0.25) is 0 Å². The molecule has 5 nitrogen and oxygen atoms in total. The van der Waals surface area contributed by atoms with Crippen LogP contribution in [0.1, 0.15) is 31.9 Å². The normalized spacial score (nSPS) is 14.1. The van der Waals surface area contributed by atoms with E-state index in [9.17, 15) is 14.0 Å². The van der Waals surface area contributed by atoms with Crippen molar-refractivity contribution < 1.29 is 14.0 Å². The Morgan fingerprint density at radius 3 is 1.91 bits per heavy atom. The average Bonchev–Trinajstić information content (AvgIpc) is 3.03. The molecule has 0 unspecified atom stereocenters. The number of nitrogens with zero attached hydrogens (tertiary/aromatic N) is 2. The largest absolute Gasteiger partial charge is 0.378 e. The second-order valence-electron chi connectivity index (χ2n) is 9.57. The topological polar surface area (TPSA) is 52.6 Å². The van der Waals surface area contributed by atoms with Crippen molar-refractivity contribution in [1.29, 1.82) is 0 Å². The molecule has 174 valence electrons. The summed E-state index contributed by atoms with van der Waals surface area (Å²) >= 11 is 0. The molecule has 0 atom stereocenters. The number of carbonyl (C=O) groups excluding carboxylic acids is 2. The maximum absolute atomic E-state index is 13.6. The minimum atomic E-state index is -0.457. The van der Waals surface area contributed by atoms with E-state index in [-0.39, 0.29) is 16.7 Å². The van der Waals surface area contributed by atoms with Crippen LogP contribution in [-0.2, 0) is 15.0 Å². The molecule has 4 rings (SSSR count). The summed E-state index contributed by atoms with van der Waals surface area (Å²) in [5, 5.41) is 3.16. The number of rotatable bonds is 5. The lowest BCUT2D eigenvalue weighted by atomic mass is 9.87. The minimum absolute atomic E-state index is 0.00820. The molecule has 3 aromatic rings. The zero-order chi connectivity index (χ0) is 24.6. The second-order valence-corrected chi connectivity index (χ2v) is 9.57. The van der Waals surface area contributed by atoms with E-state index in [0.717, 1.165) is 16.2 Å². The summed E-state index contributed by atoms with van der Waals surface area (Å²) in [6.45, 7) is 6.38. The molecule has 1 heterocycles. The van der Waals surface area contributed by atoms with Gasteiger partial charge < -0.3 is 10.2 Å². The third-order valence-corrected chi connectivity index (χ3v) is 5.86. The molecule has 0 radical (unpaired) electrons. The van der Waals surface area contributed by atoms with Gasteiger partial charge in [0, 0.05) is 25.5 Å². The lowest BCUT2D eigenvalue weighted by molar-refractivity contribution is -0.120. The zero-order valence-corrected chi connectivity index (χ0v) is 20.0. The molecule has 6 heteroatoms. The molecule has 1 N–H and O–H groups in total. The first-order valence-corrected chi connectivity index (χ1v) is 11.1. The van der Waals surface area contributed by atoms with Gasteiger partial charge in [0.15, 0.2) is 0 Å². The van der Waals surface area contributed by atoms with Crippen LogP contribution < -0.4 is 15.1 Å². The van der Waals surface area contributed by atoms with Gasteiger partial charge in [0.1, 0.15) is 11.5 Å². The van der Waals surface area contributed by atoms with Crippen molar-refractivity contribution in [3.05, 3.63) is 95.4 Å². The molecule has 3 aromatic carbocycles. The van der Waals surface area contributed by atoms with E-state index < -0.39 is 17.6 Å². The van der Waals surface area contributed by atoms with Gasteiger partial charge in [-0.2, -0.15) is 0 Å². The molecule has 0 spiro atoms. The molecular weight excluding hydrogens is 429 g/mol. The van der Waals surface area contributed by atoms with Crippen LogP contribution in [0.5, 0.6) is 0 Å². The van der Waals surface area contributed by atoms with Crippen LogP contribution >= 0.6 is 0 Å². The fourth-order valence-electron chi connectivity index (χ4n) is 3.86. The molecule has 0 saturated carbocycles. The lowest BCUT2D eigenvalue weighted by Crippen LogP contribution is -2.32. The molecule has 1 aliphatic rings. The van der Waals surface area contributed by atoms with Gasteiger partial charge in [-0.1, -0.05) is 45.0 Å². The Hall–Kier alpha value is -3.93. The summed E-state index contributed by atoms with van der Waals surface area (Å²) in [7, 11) is 3.84. The number of benzene rings is 3. The van der Waals surface area contributed by atoms with Crippen LogP contribution in [-0.4, -0.2) is 25.9 Å². The fraction of sp³-hybridized carbons (Fsp3) is 0.214. The molecule has 0 bridgehead atoms. The van der Waals surface area contributed by atoms with E-state index in [0.29, 0.717) is 16.9 Å². The predicted molar refractivity (Wildman–Crippen MR) is 135 cm³/mol. The number of anilines is 3. The van der Waals surface area contributed by atoms with E-state index in [1.54, 1.807) is 12.1 Å². The monoisotopic (exact) mass is 457 g/mol. The van der Waals surface area contributed by atoms with E-state index in [4.69, 9.17) is 0 Å². The van der Waals surface area contributed by atoms with E-state index in [1.165, 1.54) is 24.3 Å². The number of halogens is 1. The Morgan fingerprint density at radius 1 is 0.794 bits per heavy atom. The third-order valence-electron chi connectivity index (χ3n) is 5.86. The average molecular weight is 458 g/mol. The molecule has 0 saturated heterocycles. The second kappa shape index (κ2) is 8.78. The van der Waals surface area contributed by atoms with Crippen molar-refractivity contribution >= 4 is 34.4 Å². The minimum Gasteiger partial charge on any atom is -0.378 e. The first-order valence-electron chi connectivity index (χ1n) is 11.1. The van der Waals surface area contributed by atoms with Gasteiger partial charge in [-0.25, -0.2) is 9.29 Å². The molecule has 1 aliphatic heterocycles. The van der Waals surface area contributed by atoms with E-state index in [1.807, 2.05) is 55.4 Å². The Balaban J connectivity index is 1.75. The Morgan fingerprint density at radius 2 is 1.38 bits per heavy atom. The molecule has 0 fully saturated rings. The summed E-state index contributed by atoms with van der Waals surface area (Å²) in [5.74, 6) is -1.32. The fourth-order valence-corrected chi connectivity index (χ4v) is 3.86. The van der Waals surface area contributed by atoms with Gasteiger partial charge in [0.25, 0.3) is 11.8 Å². The summed E-state index contributed by atoms with van der Waals surface area (Å²) in [5.41, 5.74) is 4.10. The number of hydrogen-bond acceptors (Lipinski definition) is 4. The van der Waals surface area contributed by atoms with Crippen molar-refractivity contribution in [2.45, 2.75) is 26.2 Å². The first kappa shape index (κ1) is 23.2. The highest BCUT2D eigenvalue weighted by Gasteiger charge is 2.40. The number of nitrogens with one attached hydrogen (secondary N) is 1. The van der Waals surface area contributed by atoms with Gasteiger partial charge in [0.05, 0.1) is 11.3 Å². The summed E-state index contributed by atoms with van der Waals surface area (Å²) in [4.78, 5) is 30.1. The summed E-state index contributed by atoms with van der Waals surface area (Å²) < 4.78 is 13.6. The summed E-state index contributed by atoms with van der Waals surface area (Å²) in [6.07, 6.45) is 0. The summed E-state index contributed by atoms with van der Waals surface area (Å²) in [6, 6.07) is 20.6. The van der Waals surface area contributed by atoms with Crippen molar-refractivity contribution in [2.75, 3.05) is 29.2 Å². The Bertz CT molecular complexity index is 1250. The van der Waals surface area contributed by atoms with Crippen LogP contribution in [0.25, 0.3) is 5.57 Å². The van der Waals surface area contributed by atoms with Crippen LogP contribution in [0.15, 0.2) is 78.5 Å². The zero-order valence-electron chi connectivity index (χ0n) is 20.0. The smallest absolute Gasteiger partial charge is 0.282 e. The van der Waals surface area contributed by atoms with Gasteiger partial charge in [-0.05, 0) is 65.1 Å². The SMILES string of the molecule is CN(C)c1ccc(N2C(=O)C(Nc3ccc(C(C)(C)C)cc3)=C(c3ccc(F)cc3)C2=O)cc1. The molecular formula is C28H28FN3O2. The van der Waals surface area contributed by atoms with Gasteiger partial charge in [-0.3, -0.25) is 9.59 Å². The van der Waals surface area contributed by atoms with Crippen LogP contribution in [0, 0.1) is 5.82 Å². The Kier molecular flexibility index (Phi) is 6.00. The third kappa shape index (κ3) is 4.44. The number of amides is 2. The number of carbonyl (C=O) groups is 2. The highest BCUT2D eigenvalue weighted by Crippen LogP contribution is 2.35. The maximum atomic E-state index is 13.6. The molecule has 34 heavy (non-hydrogen) atoms. The first-order chi connectivity index (χ1) is 16.1. The van der Waals surface area contributed by atoms with Gasteiger partial charge >= 0.3 is 0 Å². The molecule has 2 amide bonds.